The lowest BCUT2D eigenvalue weighted by molar-refractivity contribution is 0.359. The van der Waals surface area contributed by atoms with Crippen molar-refractivity contribution < 1.29 is 13.9 Å². The van der Waals surface area contributed by atoms with Gasteiger partial charge in [0.1, 0.15) is 11.2 Å². The summed E-state index contributed by atoms with van der Waals surface area (Å²) in [6.07, 6.45) is 0. The van der Waals surface area contributed by atoms with Crippen molar-refractivity contribution >= 4 is 21.9 Å². The van der Waals surface area contributed by atoms with Gasteiger partial charge in [-0.3, -0.25) is 0 Å². The van der Waals surface area contributed by atoms with Crippen LogP contribution in [0.25, 0.3) is 89.5 Å². The fourth-order valence-corrected chi connectivity index (χ4v) is 8.99. The van der Waals surface area contributed by atoms with Gasteiger partial charge >= 0.3 is 0 Å². The van der Waals surface area contributed by atoms with E-state index in [4.69, 9.17) is 28.8 Å². The van der Waals surface area contributed by atoms with E-state index in [1.807, 2.05) is 72.8 Å². The predicted molar refractivity (Wildman–Crippen MR) is 238 cm³/mol. The summed E-state index contributed by atoms with van der Waals surface area (Å²) < 4.78 is 19.6. The molecular formula is C54H35N3O3. The van der Waals surface area contributed by atoms with Gasteiger partial charge in [0.25, 0.3) is 0 Å². The first-order valence-corrected chi connectivity index (χ1v) is 20.2. The summed E-state index contributed by atoms with van der Waals surface area (Å²) in [5.74, 6) is 4.50. The lowest BCUT2D eigenvalue weighted by Gasteiger charge is -2.25. The zero-order valence-electron chi connectivity index (χ0n) is 32.8. The molecule has 12 rings (SSSR count). The summed E-state index contributed by atoms with van der Waals surface area (Å²) in [6, 6.07) is 60.1. The molecule has 0 radical (unpaired) electrons. The molecule has 0 bridgehead atoms. The molecule has 1 aliphatic carbocycles. The Kier molecular flexibility index (Phi) is 7.47. The Morgan fingerprint density at radius 1 is 0.367 bits per heavy atom. The first kappa shape index (κ1) is 34.2. The minimum Gasteiger partial charge on any atom is -0.455 e. The second kappa shape index (κ2) is 13.1. The van der Waals surface area contributed by atoms with E-state index < -0.39 is 0 Å². The summed E-state index contributed by atoms with van der Waals surface area (Å²) in [5.41, 5.74) is 13.2. The summed E-state index contributed by atoms with van der Waals surface area (Å²) >= 11 is 0. The lowest BCUT2D eigenvalue weighted by atomic mass is 9.82. The van der Waals surface area contributed by atoms with Gasteiger partial charge in [0.2, 0.25) is 0 Å². The molecule has 6 heteroatoms. The molecule has 0 amide bonds. The van der Waals surface area contributed by atoms with Crippen LogP contribution in [0.3, 0.4) is 0 Å². The van der Waals surface area contributed by atoms with Crippen LogP contribution in [-0.4, -0.2) is 15.0 Å². The highest BCUT2D eigenvalue weighted by atomic mass is 16.6. The van der Waals surface area contributed by atoms with Gasteiger partial charge in [0.15, 0.2) is 40.5 Å². The van der Waals surface area contributed by atoms with Crippen LogP contribution in [0.4, 0.5) is 0 Å². The molecule has 6 nitrogen and oxygen atoms in total. The van der Waals surface area contributed by atoms with E-state index >= 15 is 0 Å². The quantitative estimate of drug-likeness (QED) is 0.173. The van der Waals surface area contributed by atoms with Gasteiger partial charge in [0.05, 0.1) is 0 Å². The Morgan fingerprint density at radius 3 is 1.78 bits per heavy atom. The van der Waals surface area contributed by atoms with E-state index in [2.05, 4.69) is 117 Å². The molecule has 284 valence electrons. The van der Waals surface area contributed by atoms with E-state index in [-0.39, 0.29) is 5.41 Å². The number of ether oxygens (including phenoxy) is 2. The van der Waals surface area contributed by atoms with Crippen molar-refractivity contribution in [1.29, 1.82) is 0 Å². The molecule has 60 heavy (non-hydrogen) atoms. The Bertz CT molecular complexity index is 3350. The SMILES string of the molecule is CC1(C)c2ccccc2-c2cc3c(cc21)Oc1ccc(-c2ccccc2-c2nc(-c4ccccc4)nc(-c4ccc(-c5cccc6c5oc5ccccc56)cc4)n2)cc1O3. The number of furan rings is 1. The normalized spacial score (nSPS) is 13.2. The zero-order chi connectivity index (χ0) is 40.0. The van der Waals surface area contributed by atoms with Crippen molar-refractivity contribution in [3.8, 4) is 90.5 Å². The molecule has 0 saturated carbocycles. The number of fused-ring (bicyclic) bond motifs is 8. The Morgan fingerprint density at radius 2 is 0.950 bits per heavy atom. The number of hydrogen-bond donors (Lipinski definition) is 0. The fraction of sp³-hybridized carbons (Fsp3) is 0.0556. The van der Waals surface area contributed by atoms with Gasteiger partial charge < -0.3 is 13.9 Å². The predicted octanol–water partition coefficient (Wildman–Crippen LogP) is 14.3. The highest BCUT2D eigenvalue weighted by molar-refractivity contribution is 6.09. The van der Waals surface area contributed by atoms with E-state index in [9.17, 15) is 0 Å². The minimum atomic E-state index is -0.137. The van der Waals surface area contributed by atoms with Crippen molar-refractivity contribution in [3.05, 3.63) is 187 Å². The largest absolute Gasteiger partial charge is 0.455 e. The summed E-state index contributed by atoms with van der Waals surface area (Å²) in [7, 11) is 0. The Hall–Kier alpha value is -7.83. The second-order valence-electron chi connectivity index (χ2n) is 16.0. The van der Waals surface area contributed by atoms with Crippen molar-refractivity contribution in [2.45, 2.75) is 19.3 Å². The van der Waals surface area contributed by atoms with E-state index in [0.29, 0.717) is 34.7 Å². The van der Waals surface area contributed by atoms with Crippen LogP contribution < -0.4 is 9.47 Å². The lowest BCUT2D eigenvalue weighted by Crippen LogP contribution is -2.15. The third kappa shape index (κ3) is 5.38. The molecule has 0 fully saturated rings. The molecule has 2 aromatic heterocycles. The monoisotopic (exact) mass is 773 g/mol. The number of nitrogens with zero attached hydrogens (tertiary/aromatic N) is 3. The maximum absolute atomic E-state index is 6.66. The van der Waals surface area contributed by atoms with Crippen molar-refractivity contribution in [2.75, 3.05) is 0 Å². The van der Waals surface area contributed by atoms with E-state index in [1.165, 1.54) is 22.3 Å². The molecule has 1 aliphatic heterocycles. The third-order valence-corrected chi connectivity index (χ3v) is 12.0. The van der Waals surface area contributed by atoms with Crippen molar-refractivity contribution in [2.24, 2.45) is 0 Å². The zero-order valence-corrected chi connectivity index (χ0v) is 32.8. The molecule has 8 aromatic carbocycles. The smallest absolute Gasteiger partial charge is 0.170 e. The average Bonchev–Trinajstić information content (AvgIpc) is 3.79. The Labute approximate surface area is 346 Å². The fourth-order valence-electron chi connectivity index (χ4n) is 8.99. The van der Waals surface area contributed by atoms with Crippen LogP contribution >= 0.6 is 0 Å². The molecule has 0 spiro atoms. The number of rotatable bonds is 5. The average molecular weight is 774 g/mol. The highest BCUT2D eigenvalue weighted by Crippen LogP contribution is 2.55. The van der Waals surface area contributed by atoms with Gasteiger partial charge in [-0.1, -0.05) is 159 Å². The number of aromatic nitrogens is 3. The maximum Gasteiger partial charge on any atom is 0.170 e. The second-order valence-corrected chi connectivity index (χ2v) is 16.0. The number of benzene rings is 8. The van der Waals surface area contributed by atoms with Crippen molar-refractivity contribution in [3.63, 3.8) is 0 Å². The summed E-state index contributed by atoms with van der Waals surface area (Å²) in [4.78, 5) is 15.3. The van der Waals surface area contributed by atoms with Gasteiger partial charge in [-0.15, -0.1) is 0 Å². The van der Waals surface area contributed by atoms with Gasteiger partial charge in [0, 0.05) is 38.4 Å². The standard InChI is InChI=1S/C54H35N3O3/c1-54(2)43-21-10-8-16-38(43)42-30-48-49(31-44(42)54)58-46-28-27-35(29-47(46)59-48)36-15-6-7-18-41(36)53-56-51(33-13-4-3-5-14-33)55-52(57-53)34-25-23-32(24-26-34)37-19-12-20-40-39-17-9-11-22-45(39)60-50(37)40/h3-31H,1-2H3. The maximum atomic E-state index is 6.66. The third-order valence-electron chi connectivity index (χ3n) is 12.0. The van der Waals surface area contributed by atoms with Crippen molar-refractivity contribution in [1.82, 2.24) is 15.0 Å². The molecule has 3 heterocycles. The topological polar surface area (TPSA) is 70.3 Å². The van der Waals surface area contributed by atoms with Gasteiger partial charge in [-0.2, -0.15) is 0 Å². The first-order valence-electron chi connectivity index (χ1n) is 20.2. The van der Waals surface area contributed by atoms with Gasteiger partial charge in [-0.25, -0.2) is 15.0 Å². The highest BCUT2D eigenvalue weighted by Gasteiger charge is 2.37. The molecule has 0 N–H and O–H groups in total. The van der Waals surface area contributed by atoms with Crippen LogP contribution in [0.2, 0.25) is 0 Å². The Balaban J connectivity index is 0.924. The summed E-state index contributed by atoms with van der Waals surface area (Å²) in [5, 5.41) is 2.21. The first-order chi connectivity index (χ1) is 29.5. The van der Waals surface area contributed by atoms with Crippen LogP contribution in [0.1, 0.15) is 25.0 Å². The van der Waals surface area contributed by atoms with Gasteiger partial charge in [-0.05, 0) is 69.3 Å². The van der Waals surface area contributed by atoms with E-state index in [1.54, 1.807) is 0 Å². The van der Waals surface area contributed by atoms with Crippen LogP contribution in [0, 0.1) is 0 Å². The number of para-hydroxylation sites is 2. The van der Waals surface area contributed by atoms with Crippen LogP contribution in [0.15, 0.2) is 180 Å². The minimum absolute atomic E-state index is 0.137. The molecule has 0 saturated heterocycles. The summed E-state index contributed by atoms with van der Waals surface area (Å²) in [6.45, 7) is 4.54. The van der Waals surface area contributed by atoms with Crippen LogP contribution in [0.5, 0.6) is 23.0 Å². The van der Waals surface area contributed by atoms with Crippen LogP contribution in [-0.2, 0) is 5.41 Å². The molecule has 10 aromatic rings. The van der Waals surface area contributed by atoms with E-state index in [0.717, 1.165) is 66.6 Å². The molecule has 0 unspecified atom stereocenters. The number of hydrogen-bond acceptors (Lipinski definition) is 6. The molecule has 0 atom stereocenters. The molecule has 2 aliphatic rings. The molecular weight excluding hydrogens is 739 g/mol.